The maximum atomic E-state index is 11.1. The van der Waals surface area contributed by atoms with Crippen LogP contribution < -0.4 is 20.7 Å². The summed E-state index contributed by atoms with van der Waals surface area (Å²) < 4.78 is 5.48. The van der Waals surface area contributed by atoms with E-state index in [0.717, 1.165) is 17.3 Å². The van der Waals surface area contributed by atoms with Gasteiger partial charge in [-0.15, -0.1) is 11.8 Å². The number of hydrogen-bond acceptors (Lipinski definition) is 4. The molecule has 1 heterocycles. The summed E-state index contributed by atoms with van der Waals surface area (Å²) in [5.74, 6) is 1.41. The number of fused-ring (bicyclic) bond motifs is 1. The van der Waals surface area contributed by atoms with Gasteiger partial charge in [0.15, 0.2) is 5.75 Å². The number of thioether (sulfide) groups is 1. The number of ether oxygens (including phenoxy) is 1. The number of primary amides is 1. The number of carbonyl (C=O) groups excluding carboxylic acids is 1. The van der Waals surface area contributed by atoms with E-state index < -0.39 is 6.03 Å². The standard InChI is InChI=1S/C15H15N3O2S/c1-20-14-10(17-15(16)19)5-4-7-12(14)18-9-21-13-8-3-2-6-11(13)18/h2-8H,9H2,1H3,(H3,16,17,19). The Labute approximate surface area is 127 Å². The minimum absolute atomic E-state index is 0.567. The summed E-state index contributed by atoms with van der Waals surface area (Å²) in [6, 6.07) is 13.2. The van der Waals surface area contributed by atoms with Crippen LogP contribution in [0.5, 0.6) is 5.75 Å². The van der Waals surface area contributed by atoms with Crippen molar-refractivity contribution in [2.24, 2.45) is 5.73 Å². The fraction of sp³-hybridized carbons (Fsp3) is 0.133. The molecule has 1 aliphatic rings. The molecule has 3 N–H and O–H groups in total. The lowest BCUT2D eigenvalue weighted by atomic mass is 10.2. The molecule has 6 heteroatoms. The van der Waals surface area contributed by atoms with E-state index in [9.17, 15) is 4.79 Å². The van der Waals surface area contributed by atoms with Gasteiger partial charge in [0, 0.05) is 4.90 Å². The fourth-order valence-corrected chi connectivity index (χ4v) is 3.44. The third-order valence-electron chi connectivity index (χ3n) is 3.25. The zero-order valence-electron chi connectivity index (χ0n) is 11.5. The summed E-state index contributed by atoms with van der Waals surface area (Å²) in [6.45, 7) is 0. The molecule has 3 rings (SSSR count). The Morgan fingerprint density at radius 2 is 2.00 bits per heavy atom. The lowest BCUT2D eigenvalue weighted by Gasteiger charge is -2.22. The highest BCUT2D eigenvalue weighted by atomic mass is 32.2. The average molecular weight is 301 g/mol. The maximum absolute atomic E-state index is 11.1. The van der Waals surface area contributed by atoms with Crippen LogP contribution in [0.4, 0.5) is 21.9 Å². The summed E-state index contributed by atoms with van der Waals surface area (Å²) in [4.78, 5) is 14.5. The van der Waals surface area contributed by atoms with E-state index in [1.54, 1.807) is 24.9 Å². The maximum Gasteiger partial charge on any atom is 0.316 e. The molecule has 0 radical (unpaired) electrons. The highest BCUT2D eigenvalue weighted by Crippen LogP contribution is 2.47. The van der Waals surface area contributed by atoms with Crippen LogP contribution in [-0.2, 0) is 0 Å². The van der Waals surface area contributed by atoms with Gasteiger partial charge in [0.25, 0.3) is 0 Å². The van der Waals surface area contributed by atoms with Gasteiger partial charge in [-0.05, 0) is 24.3 Å². The average Bonchev–Trinajstić information content (AvgIpc) is 2.90. The smallest absolute Gasteiger partial charge is 0.316 e. The molecule has 0 bridgehead atoms. The molecular formula is C15H15N3O2S. The molecule has 0 atom stereocenters. The molecule has 0 fully saturated rings. The number of para-hydroxylation sites is 2. The van der Waals surface area contributed by atoms with Crippen molar-refractivity contribution in [3.63, 3.8) is 0 Å². The van der Waals surface area contributed by atoms with Gasteiger partial charge in [0.05, 0.1) is 30.0 Å². The Balaban J connectivity index is 2.05. The van der Waals surface area contributed by atoms with Crippen LogP contribution >= 0.6 is 11.8 Å². The van der Waals surface area contributed by atoms with Crippen LogP contribution in [0.15, 0.2) is 47.4 Å². The van der Waals surface area contributed by atoms with E-state index >= 15 is 0 Å². The van der Waals surface area contributed by atoms with Crippen LogP contribution in [0.2, 0.25) is 0 Å². The van der Waals surface area contributed by atoms with Crippen molar-refractivity contribution in [3.05, 3.63) is 42.5 Å². The molecular weight excluding hydrogens is 286 g/mol. The lowest BCUT2D eigenvalue weighted by molar-refractivity contribution is 0.259. The summed E-state index contributed by atoms with van der Waals surface area (Å²) in [5, 5.41) is 2.59. The molecule has 0 saturated carbocycles. The number of amides is 2. The second-order valence-corrected chi connectivity index (χ2v) is 5.50. The molecule has 0 aliphatic carbocycles. The van der Waals surface area contributed by atoms with E-state index in [1.165, 1.54) is 4.90 Å². The molecule has 1 aliphatic heterocycles. The molecule has 2 amide bonds. The highest BCUT2D eigenvalue weighted by Gasteiger charge is 2.24. The van der Waals surface area contributed by atoms with Crippen LogP contribution in [0.3, 0.4) is 0 Å². The quantitative estimate of drug-likeness (QED) is 0.912. The van der Waals surface area contributed by atoms with Crippen molar-refractivity contribution < 1.29 is 9.53 Å². The van der Waals surface area contributed by atoms with Crippen LogP contribution in [-0.4, -0.2) is 19.0 Å². The molecule has 5 nitrogen and oxygen atoms in total. The predicted octanol–water partition coefficient (Wildman–Crippen LogP) is 3.39. The van der Waals surface area contributed by atoms with Gasteiger partial charge in [-0.2, -0.15) is 0 Å². The summed E-state index contributed by atoms with van der Waals surface area (Å²) in [5.41, 5.74) is 7.81. The summed E-state index contributed by atoms with van der Waals surface area (Å²) >= 11 is 1.77. The third-order valence-corrected chi connectivity index (χ3v) is 4.30. The second kappa shape index (κ2) is 5.57. The van der Waals surface area contributed by atoms with Crippen LogP contribution in [0.25, 0.3) is 0 Å². The normalized spacial score (nSPS) is 12.9. The van der Waals surface area contributed by atoms with Crippen molar-refractivity contribution in [2.75, 3.05) is 23.2 Å². The molecule has 2 aromatic rings. The molecule has 21 heavy (non-hydrogen) atoms. The lowest BCUT2D eigenvalue weighted by Crippen LogP contribution is -2.20. The number of carbonyl (C=O) groups is 1. The first-order valence-corrected chi connectivity index (χ1v) is 7.42. The van der Waals surface area contributed by atoms with Crippen molar-refractivity contribution in [3.8, 4) is 5.75 Å². The van der Waals surface area contributed by atoms with Gasteiger partial charge >= 0.3 is 6.03 Å². The van der Waals surface area contributed by atoms with E-state index in [-0.39, 0.29) is 0 Å². The fourth-order valence-electron chi connectivity index (χ4n) is 2.39. The van der Waals surface area contributed by atoms with Gasteiger partial charge < -0.3 is 20.7 Å². The number of nitrogens with one attached hydrogen (secondary N) is 1. The van der Waals surface area contributed by atoms with E-state index in [4.69, 9.17) is 10.5 Å². The number of nitrogens with zero attached hydrogens (tertiary/aromatic N) is 1. The zero-order valence-corrected chi connectivity index (χ0v) is 12.3. The SMILES string of the molecule is COc1c(NC(N)=O)cccc1N1CSc2ccccc21. The van der Waals surface area contributed by atoms with Crippen molar-refractivity contribution in [2.45, 2.75) is 4.90 Å². The Bertz CT molecular complexity index is 690. The van der Waals surface area contributed by atoms with Crippen molar-refractivity contribution in [1.82, 2.24) is 0 Å². The summed E-state index contributed by atoms with van der Waals surface area (Å²) in [7, 11) is 1.58. The topological polar surface area (TPSA) is 67.6 Å². The predicted molar refractivity (Wildman–Crippen MR) is 85.5 cm³/mol. The zero-order chi connectivity index (χ0) is 14.8. The molecule has 0 aromatic heterocycles. The van der Waals surface area contributed by atoms with Crippen molar-refractivity contribution >= 4 is 34.9 Å². The first-order valence-electron chi connectivity index (χ1n) is 6.43. The molecule has 2 aromatic carbocycles. The minimum Gasteiger partial charge on any atom is -0.492 e. The minimum atomic E-state index is -0.610. The van der Waals surface area contributed by atoms with Gasteiger partial charge in [-0.3, -0.25) is 0 Å². The number of hydrogen-bond donors (Lipinski definition) is 2. The molecule has 108 valence electrons. The number of rotatable bonds is 3. The van der Waals surface area contributed by atoms with E-state index in [0.29, 0.717) is 11.4 Å². The number of nitrogens with two attached hydrogens (primary N) is 1. The van der Waals surface area contributed by atoms with Crippen LogP contribution in [0, 0.1) is 0 Å². The number of urea groups is 1. The first kappa shape index (κ1) is 13.6. The van der Waals surface area contributed by atoms with Gasteiger partial charge in [0.2, 0.25) is 0 Å². The Morgan fingerprint density at radius 1 is 1.24 bits per heavy atom. The Morgan fingerprint density at radius 3 is 2.76 bits per heavy atom. The number of benzene rings is 2. The Hall–Kier alpha value is -2.34. The number of anilines is 3. The molecule has 0 unspecified atom stereocenters. The second-order valence-electron chi connectivity index (χ2n) is 4.52. The third kappa shape index (κ3) is 2.50. The van der Waals surface area contributed by atoms with Crippen molar-refractivity contribution in [1.29, 1.82) is 0 Å². The Kier molecular flexibility index (Phi) is 3.62. The molecule has 0 spiro atoms. The highest BCUT2D eigenvalue weighted by molar-refractivity contribution is 7.99. The van der Waals surface area contributed by atoms with E-state index in [1.807, 2.05) is 24.3 Å². The van der Waals surface area contributed by atoms with Gasteiger partial charge in [0.1, 0.15) is 0 Å². The monoisotopic (exact) mass is 301 g/mol. The van der Waals surface area contributed by atoms with Gasteiger partial charge in [-0.25, -0.2) is 4.79 Å². The van der Waals surface area contributed by atoms with Gasteiger partial charge in [-0.1, -0.05) is 18.2 Å². The largest absolute Gasteiger partial charge is 0.492 e. The molecule has 0 saturated heterocycles. The first-order chi connectivity index (χ1) is 10.2. The number of methoxy groups -OCH3 is 1. The van der Waals surface area contributed by atoms with E-state index in [2.05, 4.69) is 22.3 Å². The van der Waals surface area contributed by atoms with Crippen LogP contribution in [0.1, 0.15) is 0 Å². The summed E-state index contributed by atoms with van der Waals surface area (Å²) in [6.07, 6.45) is 0.